The van der Waals surface area contributed by atoms with Crippen molar-refractivity contribution in [3.8, 4) is 5.75 Å². The van der Waals surface area contributed by atoms with Gasteiger partial charge in [0.15, 0.2) is 0 Å². The Kier molecular flexibility index (Phi) is 8.64. The number of ether oxygens (including phenoxy) is 1. The molecule has 1 aromatic rings. The highest BCUT2D eigenvalue weighted by Gasteiger charge is 2.31. The standard InChI is InChI=1S/C24H35F3N2O2/c1-28(23(30)31-22-14-10-20(11-15-22)24(25,26)27)21-12-8-19(9-13-21)7-3-6-18-29-16-4-2-5-17-29/h10-11,14-15,19,21H,2-9,12-13,16-18H2,1H3/t19-,21-. The molecule has 0 atom stereocenters. The number of benzene rings is 1. The van der Waals surface area contributed by atoms with Crippen LogP contribution >= 0.6 is 0 Å². The first kappa shape index (κ1) is 23.9. The van der Waals surface area contributed by atoms with Crippen LogP contribution in [0.2, 0.25) is 0 Å². The molecule has 0 N–H and O–H groups in total. The lowest BCUT2D eigenvalue weighted by Gasteiger charge is -2.34. The van der Waals surface area contributed by atoms with Gasteiger partial charge in [0.1, 0.15) is 5.75 Å². The summed E-state index contributed by atoms with van der Waals surface area (Å²) in [6.07, 6.45) is 7.13. The first-order chi connectivity index (χ1) is 14.8. The number of halogens is 3. The number of alkyl halides is 3. The van der Waals surface area contributed by atoms with Crippen LogP contribution in [0.25, 0.3) is 0 Å². The maximum Gasteiger partial charge on any atom is 0.416 e. The van der Waals surface area contributed by atoms with Gasteiger partial charge in [-0.25, -0.2) is 4.79 Å². The smallest absolute Gasteiger partial charge is 0.410 e. The number of amides is 1. The molecule has 1 heterocycles. The first-order valence-corrected chi connectivity index (χ1v) is 11.7. The molecule has 7 heteroatoms. The lowest BCUT2D eigenvalue weighted by Crippen LogP contribution is -2.41. The number of piperidine rings is 1. The molecule has 31 heavy (non-hydrogen) atoms. The van der Waals surface area contributed by atoms with E-state index in [2.05, 4.69) is 4.90 Å². The Labute approximate surface area is 183 Å². The first-order valence-electron chi connectivity index (χ1n) is 11.7. The van der Waals surface area contributed by atoms with Crippen molar-refractivity contribution in [2.45, 2.75) is 76.4 Å². The van der Waals surface area contributed by atoms with E-state index in [1.54, 1.807) is 11.9 Å². The molecule has 0 radical (unpaired) electrons. The summed E-state index contributed by atoms with van der Waals surface area (Å²) in [7, 11) is 1.72. The lowest BCUT2D eigenvalue weighted by atomic mass is 9.82. The summed E-state index contributed by atoms with van der Waals surface area (Å²) in [5.41, 5.74) is -0.755. The number of carbonyl (C=O) groups is 1. The highest BCUT2D eigenvalue weighted by atomic mass is 19.4. The molecule has 2 fully saturated rings. The molecule has 0 unspecified atom stereocenters. The van der Waals surface area contributed by atoms with Crippen LogP contribution < -0.4 is 4.74 Å². The summed E-state index contributed by atoms with van der Waals surface area (Å²) in [5, 5.41) is 0. The van der Waals surface area contributed by atoms with Crippen molar-refractivity contribution in [1.29, 1.82) is 0 Å². The van der Waals surface area contributed by atoms with Gasteiger partial charge in [0.05, 0.1) is 5.56 Å². The highest BCUT2D eigenvalue weighted by Crippen LogP contribution is 2.32. The molecule has 1 saturated heterocycles. The maximum atomic E-state index is 12.6. The van der Waals surface area contributed by atoms with E-state index in [-0.39, 0.29) is 11.8 Å². The molecule has 174 valence electrons. The average Bonchev–Trinajstić information content (AvgIpc) is 2.77. The third-order valence-electron chi connectivity index (χ3n) is 6.82. The van der Waals surface area contributed by atoms with Crippen LogP contribution in [-0.2, 0) is 6.18 Å². The van der Waals surface area contributed by atoms with Crippen molar-refractivity contribution in [1.82, 2.24) is 9.80 Å². The Morgan fingerprint density at radius 3 is 2.29 bits per heavy atom. The fourth-order valence-electron chi connectivity index (χ4n) is 4.81. The van der Waals surface area contributed by atoms with Gasteiger partial charge in [-0.3, -0.25) is 0 Å². The molecule has 2 aliphatic rings. The molecule has 3 rings (SSSR count). The summed E-state index contributed by atoms with van der Waals surface area (Å²) in [6.45, 7) is 3.76. The normalized spacial score (nSPS) is 22.8. The second-order valence-corrected chi connectivity index (χ2v) is 9.07. The Hall–Kier alpha value is -1.76. The molecule has 1 aromatic carbocycles. The molecule has 4 nitrogen and oxygen atoms in total. The zero-order chi connectivity index (χ0) is 22.3. The maximum absolute atomic E-state index is 12.6. The molecule has 0 bridgehead atoms. The van der Waals surface area contributed by atoms with Crippen LogP contribution in [0.4, 0.5) is 18.0 Å². The Bertz CT molecular complexity index is 679. The van der Waals surface area contributed by atoms with Crippen LogP contribution in [0.5, 0.6) is 5.75 Å². The van der Waals surface area contributed by atoms with E-state index in [9.17, 15) is 18.0 Å². The number of rotatable bonds is 7. The largest absolute Gasteiger partial charge is 0.416 e. The van der Waals surface area contributed by atoms with Crippen LogP contribution in [0, 0.1) is 5.92 Å². The zero-order valence-corrected chi connectivity index (χ0v) is 18.5. The van der Waals surface area contributed by atoms with E-state index < -0.39 is 17.8 Å². The highest BCUT2D eigenvalue weighted by molar-refractivity contribution is 5.70. The van der Waals surface area contributed by atoms with E-state index in [4.69, 9.17) is 4.74 Å². The van der Waals surface area contributed by atoms with Gasteiger partial charge in [0.25, 0.3) is 0 Å². The summed E-state index contributed by atoms with van der Waals surface area (Å²) >= 11 is 0. The van der Waals surface area contributed by atoms with Gasteiger partial charge in [-0.05, 0) is 94.8 Å². The molecule has 1 aliphatic carbocycles. The molecule has 0 spiro atoms. The van der Waals surface area contributed by atoms with Gasteiger partial charge in [0, 0.05) is 13.1 Å². The van der Waals surface area contributed by atoms with Gasteiger partial charge < -0.3 is 14.5 Å². The van der Waals surface area contributed by atoms with Crippen molar-refractivity contribution in [3.63, 3.8) is 0 Å². The zero-order valence-electron chi connectivity index (χ0n) is 18.5. The Morgan fingerprint density at radius 2 is 1.68 bits per heavy atom. The summed E-state index contributed by atoms with van der Waals surface area (Å²) in [6, 6.07) is 4.37. The fourth-order valence-corrected chi connectivity index (χ4v) is 4.81. The summed E-state index contributed by atoms with van der Waals surface area (Å²) < 4.78 is 43.2. The minimum Gasteiger partial charge on any atom is -0.410 e. The minimum atomic E-state index is -4.40. The average molecular weight is 441 g/mol. The number of hydrogen-bond acceptors (Lipinski definition) is 3. The van der Waals surface area contributed by atoms with Crippen molar-refractivity contribution in [2.24, 2.45) is 5.92 Å². The van der Waals surface area contributed by atoms with Crippen LogP contribution in [0.1, 0.15) is 69.8 Å². The van der Waals surface area contributed by atoms with Crippen LogP contribution in [-0.4, -0.2) is 48.6 Å². The number of carbonyl (C=O) groups excluding carboxylic acids is 1. The minimum absolute atomic E-state index is 0.131. The number of hydrogen-bond donors (Lipinski definition) is 0. The van der Waals surface area contributed by atoms with E-state index in [0.717, 1.165) is 43.7 Å². The van der Waals surface area contributed by atoms with Gasteiger partial charge >= 0.3 is 12.3 Å². The van der Waals surface area contributed by atoms with E-state index >= 15 is 0 Å². The molecular weight excluding hydrogens is 405 g/mol. The van der Waals surface area contributed by atoms with Crippen LogP contribution in [0.15, 0.2) is 24.3 Å². The number of unbranched alkanes of at least 4 members (excludes halogenated alkanes) is 1. The second kappa shape index (κ2) is 11.2. The van der Waals surface area contributed by atoms with E-state index in [1.807, 2.05) is 0 Å². The van der Waals surface area contributed by atoms with Crippen molar-refractivity contribution in [3.05, 3.63) is 29.8 Å². The quantitative estimate of drug-likeness (QED) is 0.463. The summed E-state index contributed by atoms with van der Waals surface area (Å²) in [4.78, 5) is 16.6. The van der Waals surface area contributed by atoms with Gasteiger partial charge in [-0.15, -0.1) is 0 Å². The van der Waals surface area contributed by atoms with Crippen molar-refractivity contribution < 1.29 is 22.7 Å². The topological polar surface area (TPSA) is 32.8 Å². The third-order valence-corrected chi connectivity index (χ3v) is 6.82. The molecule has 1 aliphatic heterocycles. The second-order valence-electron chi connectivity index (χ2n) is 9.07. The monoisotopic (exact) mass is 440 g/mol. The van der Waals surface area contributed by atoms with Gasteiger partial charge in [-0.1, -0.05) is 19.3 Å². The Balaban J connectivity index is 1.34. The van der Waals surface area contributed by atoms with E-state index in [1.165, 1.54) is 70.3 Å². The molecule has 1 saturated carbocycles. The summed E-state index contributed by atoms with van der Waals surface area (Å²) in [5.74, 6) is 0.865. The molecular formula is C24H35F3N2O2. The SMILES string of the molecule is CN(C(=O)Oc1ccc(C(F)(F)F)cc1)[C@H]1CC[C@H](CCCCN2CCCCC2)CC1. The molecule has 1 amide bonds. The predicted octanol–water partition coefficient (Wildman–Crippen LogP) is 6.35. The van der Waals surface area contributed by atoms with Crippen molar-refractivity contribution >= 4 is 6.09 Å². The van der Waals surface area contributed by atoms with Gasteiger partial charge in [0.2, 0.25) is 0 Å². The number of likely N-dealkylation sites (tertiary alicyclic amines) is 1. The molecule has 0 aromatic heterocycles. The third kappa shape index (κ3) is 7.41. The predicted molar refractivity (Wildman–Crippen MR) is 115 cm³/mol. The van der Waals surface area contributed by atoms with Crippen LogP contribution in [0.3, 0.4) is 0 Å². The lowest BCUT2D eigenvalue weighted by molar-refractivity contribution is -0.137. The van der Waals surface area contributed by atoms with E-state index in [0.29, 0.717) is 0 Å². The van der Waals surface area contributed by atoms with Crippen molar-refractivity contribution in [2.75, 3.05) is 26.7 Å². The fraction of sp³-hybridized carbons (Fsp3) is 0.708. The van der Waals surface area contributed by atoms with Gasteiger partial charge in [-0.2, -0.15) is 13.2 Å². The Morgan fingerprint density at radius 1 is 1.03 bits per heavy atom. The number of nitrogens with zero attached hydrogens (tertiary/aromatic N) is 2.